The van der Waals surface area contributed by atoms with Gasteiger partial charge in [0.2, 0.25) is 5.91 Å². The molecule has 152 valence electrons. The molecule has 0 bridgehead atoms. The number of nitro benzene ring substituents is 1. The van der Waals surface area contributed by atoms with Crippen LogP contribution in [0.4, 0.5) is 10.5 Å². The van der Waals surface area contributed by atoms with Crippen molar-refractivity contribution in [2.45, 2.75) is 25.3 Å². The van der Waals surface area contributed by atoms with Gasteiger partial charge in [0.25, 0.3) is 5.69 Å². The van der Waals surface area contributed by atoms with Crippen LogP contribution in [0.2, 0.25) is 0 Å². The van der Waals surface area contributed by atoms with E-state index in [-0.39, 0.29) is 24.1 Å². The number of carbonyl (C=O) groups is 2. The summed E-state index contributed by atoms with van der Waals surface area (Å²) in [5.41, 5.74) is 0.368. The first-order valence-corrected chi connectivity index (χ1v) is 9.56. The summed E-state index contributed by atoms with van der Waals surface area (Å²) in [4.78, 5) is 41.4. The monoisotopic (exact) mass is 390 g/mol. The topological polar surface area (TPSA) is 96.2 Å². The zero-order chi connectivity index (χ0) is 20.1. The van der Waals surface area contributed by atoms with Crippen LogP contribution in [0, 0.1) is 10.1 Å². The van der Waals surface area contributed by atoms with Crippen molar-refractivity contribution in [3.8, 4) is 0 Å². The second-order valence-corrected chi connectivity index (χ2v) is 7.23. The molecule has 0 spiro atoms. The Kier molecular flexibility index (Phi) is 6.45. The number of methoxy groups -OCH3 is 1. The molecular weight excluding hydrogens is 364 g/mol. The molecule has 2 amide bonds. The molecule has 0 aliphatic carbocycles. The van der Waals surface area contributed by atoms with Gasteiger partial charge in [0.05, 0.1) is 24.5 Å². The van der Waals surface area contributed by atoms with Gasteiger partial charge in [0, 0.05) is 37.8 Å². The highest BCUT2D eigenvalue weighted by atomic mass is 16.6. The number of carbonyl (C=O) groups excluding carboxylic acids is 2. The lowest BCUT2D eigenvalue weighted by atomic mass is 10.1. The van der Waals surface area contributed by atoms with Crippen LogP contribution < -0.4 is 0 Å². The fraction of sp³-hybridized carbons (Fsp3) is 0.579. The van der Waals surface area contributed by atoms with Gasteiger partial charge in [-0.2, -0.15) is 0 Å². The summed E-state index contributed by atoms with van der Waals surface area (Å²) in [6, 6.07) is 6.18. The highest BCUT2D eigenvalue weighted by Gasteiger charge is 2.34. The zero-order valence-corrected chi connectivity index (χ0v) is 16.1. The smallest absolute Gasteiger partial charge is 0.409 e. The summed E-state index contributed by atoms with van der Waals surface area (Å²) in [5, 5.41) is 11.2. The number of piperazine rings is 1. The van der Waals surface area contributed by atoms with Crippen molar-refractivity contribution < 1.29 is 19.2 Å². The van der Waals surface area contributed by atoms with Crippen LogP contribution in [0.15, 0.2) is 24.3 Å². The predicted molar refractivity (Wildman–Crippen MR) is 102 cm³/mol. The minimum atomic E-state index is -0.459. The van der Waals surface area contributed by atoms with Crippen molar-refractivity contribution in [1.29, 1.82) is 0 Å². The van der Waals surface area contributed by atoms with E-state index in [1.807, 2.05) is 0 Å². The van der Waals surface area contributed by atoms with E-state index >= 15 is 0 Å². The number of rotatable bonds is 5. The normalized spacial score (nSPS) is 20.2. The molecule has 9 heteroatoms. The van der Waals surface area contributed by atoms with Crippen LogP contribution in [0.3, 0.4) is 0 Å². The summed E-state index contributed by atoms with van der Waals surface area (Å²) in [7, 11) is 1.35. The summed E-state index contributed by atoms with van der Waals surface area (Å²) >= 11 is 0. The predicted octanol–water partition coefficient (Wildman–Crippen LogP) is 1.51. The third kappa shape index (κ3) is 4.59. The number of nitro groups is 1. The Morgan fingerprint density at radius 1 is 1.18 bits per heavy atom. The molecule has 28 heavy (non-hydrogen) atoms. The van der Waals surface area contributed by atoms with Gasteiger partial charge in [-0.1, -0.05) is 18.2 Å². The van der Waals surface area contributed by atoms with Crippen LogP contribution >= 0.6 is 0 Å². The fourth-order valence-electron chi connectivity index (χ4n) is 4.00. The minimum absolute atomic E-state index is 0.0219. The number of hydrogen-bond donors (Lipinski definition) is 0. The molecule has 0 N–H and O–H groups in total. The minimum Gasteiger partial charge on any atom is -0.453 e. The Balaban J connectivity index is 1.74. The standard InChI is InChI=1S/C19H26N4O5/c1-28-19(25)21-10-11-22(16(14-21)13-20-8-4-5-9-20)18(24)12-15-6-2-3-7-17(15)23(26)27/h2-3,6-7,16H,4-5,8-14H2,1H3/t16-/m1/s1. The molecule has 2 aliphatic rings. The molecule has 2 heterocycles. The average molecular weight is 390 g/mol. The largest absolute Gasteiger partial charge is 0.453 e. The molecule has 1 atom stereocenters. The van der Waals surface area contributed by atoms with Crippen LogP contribution in [0.25, 0.3) is 0 Å². The number of benzene rings is 1. The van der Waals surface area contributed by atoms with Crippen molar-refractivity contribution in [1.82, 2.24) is 14.7 Å². The number of nitrogens with zero attached hydrogens (tertiary/aromatic N) is 4. The Bertz CT molecular complexity index is 735. The Morgan fingerprint density at radius 2 is 1.89 bits per heavy atom. The fourth-order valence-corrected chi connectivity index (χ4v) is 4.00. The second kappa shape index (κ2) is 9.01. The molecule has 3 rings (SSSR count). The van der Waals surface area contributed by atoms with E-state index in [1.165, 1.54) is 13.2 Å². The molecule has 1 aromatic rings. The molecule has 0 saturated carbocycles. The van der Waals surface area contributed by atoms with Gasteiger partial charge in [-0.25, -0.2) is 4.79 Å². The van der Waals surface area contributed by atoms with E-state index in [4.69, 9.17) is 4.74 Å². The van der Waals surface area contributed by atoms with Gasteiger partial charge in [-0.3, -0.25) is 14.9 Å². The zero-order valence-electron chi connectivity index (χ0n) is 16.1. The molecular formula is C19H26N4O5. The molecule has 2 fully saturated rings. The molecule has 0 unspecified atom stereocenters. The van der Waals surface area contributed by atoms with E-state index in [9.17, 15) is 19.7 Å². The van der Waals surface area contributed by atoms with Gasteiger partial charge in [-0.15, -0.1) is 0 Å². The quantitative estimate of drug-likeness (QED) is 0.559. The van der Waals surface area contributed by atoms with E-state index in [0.29, 0.717) is 31.7 Å². The molecule has 1 aromatic carbocycles. The molecule has 2 saturated heterocycles. The maximum Gasteiger partial charge on any atom is 0.409 e. The lowest BCUT2D eigenvalue weighted by Crippen LogP contribution is -2.59. The molecule has 9 nitrogen and oxygen atoms in total. The van der Waals surface area contributed by atoms with Crippen molar-refractivity contribution in [2.24, 2.45) is 0 Å². The Hall–Kier alpha value is -2.68. The summed E-state index contributed by atoms with van der Waals surface area (Å²) in [6.07, 6.45) is 1.86. The van der Waals surface area contributed by atoms with E-state index in [2.05, 4.69) is 4.90 Å². The number of ether oxygens (including phenoxy) is 1. The summed E-state index contributed by atoms with van der Waals surface area (Å²) in [5.74, 6) is -0.150. The van der Waals surface area contributed by atoms with Crippen LogP contribution in [0.5, 0.6) is 0 Å². The summed E-state index contributed by atoms with van der Waals surface area (Å²) < 4.78 is 4.84. The van der Waals surface area contributed by atoms with Gasteiger partial charge in [0.1, 0.15) is 0 Å². The number of amides is 2. The van der Waals surface area contributed by atoms with Crippen LogP contribution in [0.1, 0.15) is 18.4 Å². The Morgan fingerprint density at radius 3 is 2.57 bits per heavy atom. The molecule has 0 aromatic heterocycles. The van der Waals surface area contributed by atoms with Gasteiger partial charge >= 0.3 is 6.09 Å². The third-order valence-electron chi connectivity index (χ3n) is 5.43. The first kappa shape index (κ1) is 20.1. The maximum atomic E-state index is 13.0. The molecule has 2 aliphatic heterocycles. The summed E-state index contributed by atoms with van der Waals surface area (Å²) in [6.45, 7) is 3.86. The molecule has 0 radical (unpaired) electrons. The Labute approximate surface area is 164 Å². The first-order chi connectivity index (χ1) is 13.5. The van der Waals surface area contributed by atoms with E-state index < -0.39 is 11.0 Å². The second-order valence-electron chi connectivity index (χ2n) is 7.23. The highest BCUT2D eigenvalue weighted by Crippen LogP contribution is 2.21. The van der Waals surface area contributed by atoms with Crippen LogP contribution in [-0.2, 0) is 16.0 Å². The van der Waals surface area contributed by atoms with Gasteiger partial charge in [0.15, 0.2) is 0 Å². The van der Waals surface area contributed by atoms with E-state index in [0.717, 1.165) is 25.9 Å². The SMILES string of the molecule is COC(=O)N1CCN(C(=O)Cc2ccccc2[N+](=O)[O-])[C@H](CN2CCCC2)C1. The van der Waals surface area contributed by atoms with Crippen LogP contribution in [-0.4, -0.2) is 84.0 Å². The lowest BCUT2D eigenvalue weighted by Gasteiger charge is -2.42. The average Bonchev–Trinajstić information content (AvgIpc) is 3.20. The van der Waals surface area contributed by atoms with E-state index in [1.54, 1.807) is 28.0 Å². The van der Waals surface area contributed by atoms with Crippen molar-refractivity contribution in [3.63, 3.8) is 0 Å². The number of hydrogen-bond acceptors (Lipinski definition) is 6. The van der Waals surface area contributed by atoms with Crippen molar-refractivity contribution >= 4 is 17.7 Å². The maximum absolute atomic E-state index is 13.0. The first-order valence-electron chi connectivity index (χ1n) is 9.56. The van der Waals surface area contributed by atoms with Gasteiger partial charge < -0.3 is 19.4 Å². The highest BCUT2D eigenvalue weighted by molar-refractivity contribution is 5.80. The number of likely N-dealkylation sites (tertiary alicyclic amines) is 1. The van der Waals surface area contributed by atoms with Gasteiger partial charge in [-0.05, 0) is 25.9 Å². The third-order valence-corrected chi connectivity index (χ3v) is 5.43. The van der Waals surface area contributed by atoms with Crippen molar-refractivity contribution in [2.75, 3.05) is 46.4 Å². The number of para-hydroxylation sites is 1. The van der Waals surface area contributed by atoms with Crippen molar-refractivity contribution in [3.05, 3.63) is 39.9 Å². The lowest BCUT2D eigenvalue weighted by molar-refractivity contribution is -0.385.